The summed E-state index contributed by atoms with van der Waals surface area (Å²) in [6, 6.07) is 10.2. The van der Waals surface area contributed by atoms with Crippen molar-refractivity contribution in [2.24, 2.45) is 0 Å². The van der Waals surface area contributed by atoms with Crippen LogP contribution in [0.15, 0.2) is 30.3 Å². The number of hydrogen-bond acceptors (Lipinski definition) is 4. The van der Waals surface area contributed by atoms with Crippen LogP contribution in [-0.4, -0.2) is 23.8 Å². The molecule has 0 radical (unpaired) electrons. The molecule has 6 heteroatoms. The van der Waals surface area contributed by atoms with Gasteiger partial charge < -0.3 is 9.84 Å². The molecule has 0 fully saturated rings. The molecule has 170 valence electrons. The second-order valence-corrected chi connectivity index (χ2v) is 8.96. The summed E-state index contributed by atoms with van der Waals surface area (Å²) in [7, 11) is 0. The molecule has 0 bridgehead atoms. The van der Waals surface area contributed by atoms with Crippen LogP contribution in [0, 0.1) is 0 Å². The first-order chi connectivity index (χ1) is 15.0. The molecule has 3 rings (SSSR count). The van der Waals surface area contributed by atoms with E-state index in [4.69, 9.17) is 4.74 Å². The monoisotopic (exact) mass is 445 g/mol. The lowest BCUT2D eigenvalue weighted by molar-refractivity contribution is 0.0698. The van der Waals surface area contributed by atoms with Crippen LogP contribution >= 0.6 is 11.3 Å². The van der Waals surface area contributed by atoms with Crippen LogP contribution in [0.1, 0.15) is 86.9 Å². The van der Waals surface area contributed by atoms with Gasteiger partial charge >= 0.3 is 12.1 Å². The van der Waals surface area contributed by atoms with Crippen molar-refractivity contribution in [2.75, 3.05) is 11.9 Å². The van der Waals surface area contributed by atoms with Crippen LogP contribution in [0.4, 0.5) is 9.80 Å². The molecule has 1 aromatic heterocycles. The molecule has 0 spiro atoms. The van der Waals surface area contributed by atoms with Gasteiger partial charge in [0.05, 0.1) is 12.2 Å². The van der Waals surface area contributed by atoms with E-state index in [1.807, 2.05) is 6.92 Å². The Morgan fingerprint density at radius 3 is 1.97 bits per heavy atom. The number of hydrogen-bond donors (Lipinski definition) is 2. The van der Waals surface area contributed by atoms with E-state index in [9.17, 15) is 14.7 Å². The number of unbranched alkanes of at least 4 members (excludes halogenated alkanes) is 7. The largest absolute Gasteiger partial charge is 0.478 e. The number of aromatic carboxylic acids is 1. The number of ether oxygens (including phenoxy) is 1. The van der Waals surface area contributed by atoms with Gasteiger partial charge in [-0.2, -0.15) is 0 Å². The SMILES string of the molecule is CCCCCCCCCCc1cc(C(=O)O)c(NC(=O)OCCC)s1.c1cc2ccc1-2. The van der Waals surface area contributed by atoms with E-state index in [-0.39, 0.29) is 5.56 Å². The number of rotatable bonds is 13. The number of benzene rings is 1. The highest BCUT2D eigenvalue weighted by molar-refractivity contribution is 7.16. The summed E-state index contributed by atoms with van der Waals surface area (Å²) < 4.78 is 4.96. The van der Waals surface area contributed by atoms with Crippen LogP contribution in [0.5, 0.6) is 0 Å². The predicted molar refractivity (Wildman–Crippen MR) is 128 cm³/mol. The van der Waals surface area contributed by atoms with Gasteiger partial charge in [-0.25, -0.2) is 9.59 Å². The third kappa shape index (κ3) is 8.74. The van der Waals surface area contributed by atoms with Crippen LogP contribution < -0.4 is 5.32 Å². The Balaban J connectivity index is 0.000000474. The average Bonchev–Trinajstić information content (AvgIpc) is 3.14. The van der Waals surface area contributed by atoms with Crippen molar-refractivity contribution in [3.05, 3.63) is 40.8 Å². The average molecular weight is 446 g/mol. The number of fused-ring (bicyclic) bond motifs is 1. The van der Waals surface area contributed by atoms with Crippen molar-refractivity contribution in [3.63, 3.8) is 0 Å². The van der Waals surface area contributed by atoms with Crippen LogP contribution in [0.3, 0.4) is 0 Å². The summed E-state index contributed by atoms with van der Waals surface area (Å²) in [6.07, 6.45) is 10.9. The van der Waals surface area contributed by atoms with Crippen molar-refractivity contribution in [2.45, 2.75) is 78.1 Å². The van der Waals surface area contributed by atoms with Gasteiger partial charge in [0.2, 0.25) is 0 Å². The van der Waals surface area contributed by atoms with Gasteiger partial charge in [-0.05, 0) is 36.5 Å². The first-order valence-electron chi connectivity index (χ1n) is 11.4. The van der Waals surface area contributed by atoms with E-state index >= 15 is 0 Å². The Kier molecular flexibility index (Phi) is 11.1. The zero-order chi connectivity index (χ0) is 22.5. The highest BCUT2D eigenvalue weighted by atomic mass is 32.1. The minimum atomic E-state index is -1.02. The summed E-state index contributed by atoms with van der Waals surface area (Å²) in [5, 5.41) is 12.2. The maximum Gasteiger partial charge on any atom is 0.412 e. The molecule has 31 heavy (non-hydrogen) atoms. The third-order valence-electron chi connectivity index (χ3n) is 5.16. The summed E-state index contributed by atoms with van der Waals surface area (Å²) in [5.41, 5.74) is 3.00. The lowest BCUT2D eigenvalue weighted by Gasteiger charge is -2.10. The number of carbonyl (C=O) groups excluding carboxylic acids is 1. The lowest BCUT2D eigenvalue weighted by atomic mass is 9.95. The third-order valence-corrected chi connectivity index (χ3v) is 6.27. The molecule has 2 aliphatic carbocycles. The second kappa shape index (κ2) is 13.9. The zero-order valence-corrected chi connectivity index (χ0v) is 19.6. The number of carbonyl (C=O) groups is 2. The van der Waals surface area contributed by atoms with E-state index in [1.165, 1.54) is 61.0 Å². The minimum Gasteiger partial charge on any atom is -0.478 e. The molecule has 2 N–H and O–H groups in total. The van der Waals surface area contributed by atoms with Crippen molar-refractivity contribution in [1.29, 1.82) is 0 Å². The smallest absolute Gasteiger partial charge is 0.412 e. The number of carboxylic acids is 1. The predicted octanol–water partition coefficient (Wildman–Crippen LogP) is 7.76. The summed E-state index contributed by atoms with van der Waals surface area (Å²) in [5.74, 6) is -1.02. The van der Waals surface area contributed by atoms with E-state index in [0.29, 0.717) is 11.6 Å². The van der Waals surface area contributed by atoms with Crippen molar-refractivity contribution in [3.8, 4) is 11.1 Å². The van der Waals surface area contributed by atoms with Gasteiger partial charge in [0.25, 0.3) is 0 Å². The standard InChI is InChI=1S/C19H31NO4S.C6H4/c1-3-5-6-7-8-9-10-11-12-15-14-16(18(21)22)17(25-15)20-19(23)24-13-4-2;1-2-6-4-3-5(1)6/h14H,3-13H2,1-2H3,(H,20,23)(H,21,22);1-4H. The molecular weight excluding hydrogens is 410 g/mol. The highest BCUT2D eigenvalue weighted by Crippen LogP contribution is 2.30. The second-order valence-electron chi connectivity index (χ2n) is 7.82. The van der Waals surface area contributed by atoms with Crippen molar-refractivity contribution < 1.29 is 19.4 Å². The Morgan fingerprint density at radius 2 is 1.48 bits per heavy atom. The Morgan fingerprint density at radius 1 is 0.903 bits per heavy atom. The fourth-order valence-corrected chi connectivity index (χ4v) is 4.31. The quantitative estimate of drug-likeness (QED) is 0.264. The van der Waals surface area contributed by atoms with E-state index in [1.54, 1.807) is 6.07 Å². The zero-order valence-electron chi connectivity index (χ0n) is 18.7. The Labute approximate surface area is 189 Å². The van der Waals surface area contributed by atoms with E-state index in [0.717, 1.165) is 30.6 Å². The van der Waals surface area contributed by atoms with Crippen LogP contribution in [-0.2, 0) is 11.2 Å². The van der Waals surface area contributed by atoms with Gasteiger partial charge in [-0.3, -0.25) is 5.32 Å². The molecule has 0 saturated heterocycles. The molecule has 5 nitrogen and oxygen atoms in total. The fourth-order valence-electron chi connectivity index (χ4n) is 3.24. The molecule has 0 saturated carbocycles. The molecule has 0 atom stereocenters. The van der Waals surface area contributed by atoms with Gasteiger partial charge in [0.1, 0.15) is 5.00 Å². The van der Waals surface area contributed by atoms with Gasteiger partial charge in [0, 0.05) is 4.88 Å². The van der Waals surface area contributed by atoms with Gasteiger partial charge in [-0.15, -0.1) is 11.3 Å². The molecule has 2 aliphatic rings. The van der Waals surface area contributed by atoms with Gasteiger partial charge in [0.15, 0.2) is 0 Å². The number of amides is 1. The topological polar surface area (TPSA) is 75.6 Å². The number of aryl methyl sites for hydroxylation is 1. The lowest BCUT2D eigenvalue weighted by Crippen LogP contribution is -2.15. The molecule has 1 aromatic rings. The molecule has 1 amide bonds. The number of thiophene rings is 1. The minimum absolute atomic E-state index is 0.146. The molecule has 0 aromatic carbocycles. The van der Waals surface area contributed by atoms with Crippen molar-refractivity contribution >= 4 is 28.4 Å². The Hall–Kier alpha value is -2.34. The first-order valence-corrected chi connectivity index (χ1v) is 12.3. The van der Waals surface area contributed by atoms with E-state index in [2.05, 4.69) is 36.5 Å². The molecule has 0 aliphatic heterocycles. The fraction of sp³-hybridized carbons (Fsp3) is 0.520. The maximum atomic E-state index is 11.6. The number of anilines is 1. The van der Waals surface area contributed by atoms with Crippen LogP contribution in [0.25, 0.3) is 11.1 Å². The van der Waals surface area contributed by atoms with E-state index < -0.39 is 12.1 Å². The van der Waals surface area contributed by atoms with Crippen LogP contribution in [0.2, 0.25) is 0 Å². The molecular formula is C25H35NO4S. The normalized spacial score (nSPS) is 10.8. The first kappa shape index (κ1) is 24.9. The summed E-state index contributed by atoms with van der Waals surface area (Å²) in [6.45, 7) is 4.45. The van der Waals surface area contributed by atoms with Gasteiger partial charge in [-0.1, -0.05) is 83.1 Å². The highest BCUT2D eigenvalue weighted by Gasteiger charge is 2.17. The summed E-state index contributed by atoms with van der Waals surface area (Å²) >= 11 is 1.33. The molecule has 0 unspecified atom stereocenters. The maximum absolute atomic E-state index is 11.6. The van der Waals surface area contributed by atoms with Crippen molar-refractivity contribution in [1.82, 2.24) is 0 Å². The Bertz CT molecular complexity index is 792. The number of carboxylic acid groups (broad SMARTS) is 1. The number of nitrogens with one attached hydrogen (secondary N) is 1. The molecule has 1 heterocycles. The summed E-state index contributed by atoms with van der Waals surface area (Å²) in [4.78, 5) is 24.0.